The minimum atomic E-state index is -1.00. The van der Waals surface area contributed by atoms with Crippen molar-refractivity contribution in [2.75, 3.05) is 6.54 Å². The summed E-state index contributed by atoms with van der Waals surface area (Å²) >= 11 is 0. The molecule has 6 heteroatoms. The van der Waals surface area contributed by atoms with E-state index in [-0.39, 0.29) is 31.0 Å². The van der Waals surface area contributed by atoms with Crippen LogP contribution >= 0.6 is 0 Å². The van der Waals surface area contributed by atoms with E-state index in [0.717, 1.165) is 27.5 Å². The lowest BCUT2D eigenvalue weighted by Crippen LogP contribution is -2.26. The van der Waals surface area contributed by atoms with Crippen LogP contribution in [0.3, 0.4) is 0 Å². The molecule has 0 aromatic heterocycles. The van der Waals surface area contributed by atoms with Gasteiger partial charge in [0.2, 0.25) is 0 Å². The quantitative estimate of drug-likeness (QED) is 0.172. The number of rotatable bonds is 11. The molecule has 2 N–H and O–H groups in total. The molecule has 5 aromatic carbocycles. The standard InChI is InChI=1S/C36H29NO5/c38-33(31-19-12-25-8-4-5-9-30(25)22-31)23-32(27-13-10-26(11-14-27)24-6-2-1-3-7-24)35(41)28-15-17-29(18-16-28)36(42)37-21-20-34(39)40/h1-19,22,32H,20-21,23H2,(H,37,42)(H,39,40). The average molecular weight is 556 g/mol. The number of hydrogen-bond acceptors (Lipinski definition) is 4. The average Bonchev–Trinajstić information content (AvgIpc) is 3.03. The molecule has 1 amide bonds. The molecule has 1 unspecified atom stereocenters. The molecule has 0 saturated heterocycles. The Bertz CT molecular complexity index is 1740. The van der Waals surface area contributed by atoms with E-state index in [1.807, 2.05) is 91.0 Å². The van der Waals surface area contributed by atoms with Crippen molar-refractivity contribution in [2.24, 2.45) is 0 Å². The summed E-state index contributed by atoms with van der Waals surface area (Å²) in [6, 6.07) is 37.2. The first-order valence-corrected chi connectivity index (χ1v) is 13.7. The number of Topliss-reactive ketones (excluding diaryl/α,β-unsaturated/α-hetero) is 2. The summed E-state index contributed by atoms with van der Waals surface area (Å²) in [4.78, 5) is 50.5. The third kappa shape index (κ3) is 6.67. The number of carbonyl (C=O) groups excluding carboxylic acids is 3. The van der Waals surface area contributed by atoms with Crippen LogP contribution in [0, 0.1) is 0 Å². The van der Waals surface area contributed by atoms with Crippen LogP contribution in [-0.4, -0.2) is 35.1 Å². The molecule has 42 heavy (non-hydrogen) atoms. The van der Waals surface area contributed by atoms with Crippen LogP contribution in [0.2, 0.25) is 0 Å². The molecule has 5 aromatic rings. The van der Waals surface area contributed by atoms with E-state index in [9.17, 15) is 19.2 Å². The molecular weight excluding hydrogens is 526 g/mol. The Kier molecular flexibility index (Phi) is 8.64. The summed E-state index contributed by atoms with van der Waals surface area (Å²) in [5.41, 5.74) is 4.01. The Hall–Kier alpha value is -5.36. The fourth-order valence-corrected chi connectivity index (χ4v) is 4.94. The van der Waals surface area contributed by atoms with Gasteiger partial charge in [-0.1, -0.05) is 103 Å². The number of fused-ring (bicyclic) bond motifs is 1. The number of carbonyl (C=O) groups is 4. The molecule has 0 radical (unpaired) electrons. The van der Waals surface area contributed by atoms with E-state index in [1.54, 1.807) is 18.2 Å². The second-order valence-electron chi connectivity index (χ2n) is 10.1. The number of carboxylic acids is 1. The van der Waals surface area contributed by atoms with Crippen molar-refractivity contribution >= 4 is 34.2 Å². The highest BCUT2D eigenvalue weighted by atomic mass is 16.4. The van der Waals surface area contributed by atoms with Crippen molar-refractivity contribution in [2.45, 2.75) is 18.8 Å². The molecular formula is C36H29NO5. The molecule has 0 aliphatic carbocycles. The maximum absolute atomic E-state index is 13.9. The normalized spacial score (nSPS) is 11.5. The summed E-state index contributed by atoms with van der Waals surface area (Å²) in [5, 5.41) is 13.3. The Labute approximate surface area is 243 Å². The van der Waals surface area contributed by atoms with Crippen molar-refractivity contribution in [3.63, 3.8) is 0 Å². The molecule has 0 heterocycles. The van der Waals surface area contributed by atoms with Crippen LogP contribution in [0.1, 0.15) is 55.4 Å². The highest BCUT2D eigenvalue weighted by Gasteiger charge is 2.26. The maximum atomic E-state index is 13.9. The van der Waals surface area contributed by atoms with E-state index in [2.05, 4.69) is 5.32 Å². The van der Waals surface area contributed by atoms with Crippen LogP contribution in [-0.2, 0) is 4.79 Å². The molecule has 0 fully saturated rings. The monoisotopic (exact) mass is 555 g/mol. The molecule has 208 valence electrons. The summed E-state index contributed by atoms with van der Waals surface area (Å²) in [6.45, 7) is 0.00673. The van der Waals surface area contributed by atoms with Crippen LogP contribution in [0.25, 0.3) is 21.9 Å². The first kappa shape index (κ1) is 28.2. The molecule has 6 nitrogen and oxygen atoms in total. The second kappa shape index (κ2) is 12.9. The number of hydrogen-bond donors (Lipinski definition) is 2. The zero-order valence-electron chi connectivity index (χ0n) is 22.8. The van der Waals surface area contributed by atoms with Crippen LogP contribution < -0.4 is 5.32 Å². The number of carboxylic acid groups (broad SMARTS) is 1. The third-order valence-corrected chi connectivity index (χ3v) is 7.25. The van der Waals surface area contributed by atoms with Gasteiger partial charge in [-0.05, 0) is 45.7 Å². The van der Waals surface area contributed by atoms with Crippen molar-refractivity contribution in [3.05, 3.63) is 144 Å². The SMILES string of the molecule is O=C(O)CCNC(=O)c1ccc(C(=O)C(CC(=O)c2ccc3ccccc3c2)c2ccc(-c3ccccc3)cc2)cc1. The fourth-order valence-electron chi connectivity index (χ4n) is 4.94. The van der Waals surface area contributed by atoms with Gasteiger partial charge in [-0.15, -0.1) is 0 Å². The molecule has 1 atom stereocenters. The van der Waals surface area contributed by atoms with Gasteiger partial charge in [0, 0.05) is 29.7 Å². The molecule has 0 spiro atoms. The molecule has 5 rings (SSSR count). The first-order valence-electron chi connectivity index (χ1n) is 13.7. The molecule has 0 saturated carbocycles. The Morgan fingerprint density at radius 1 is 0.619 bits per heavy atom. The smallest absolute Gasteiger partial charge is 0.305 e. The van der Waals surface area contributed by atoms with Gasteiger partial charge in [0.05, 0.1) is 12.3 Å². The highest BCUT2D eigenvalue weighted by Crippen LogP contribution is 2.30. The summed E-state index contributed by atoms with van der Waals surface area (Å²) < 4.78 is 0. The Morgan fingerprint density at radius 3 is 1.90 bits per heavy atom. The number of aliphatic carboxylic acids is 1. The van der Waals surface area contributed by atoms with Gasteiger partial charge in [0.25, 0.3) is 5.91 Å². The maximum Gasteiger partial charge on any atom is 0.305 e. The lowest BCUT2D eigenvalue weighted by molar-refractivity contribution is -0.136. The lowest BCUT2D eigenvalue weighted by Gasteiger charge is -2.17. The minimum absolute atomic E-state index is 0.00673. The fraction of sp³-hybridized carbons (Fsp3) is 0.111. The van der Waals surface area contributed by atoms with E-state index in [1.165, 1.54) is 12.1 Å². The van der Waals surface area contributed by atoms with Gasteiger partial charge in [-0.2, -0.15) is 0 Å². The van der Waals surface area contributed by atoms with E-state index in [4.69, 9.17) is 5.11 Å². The van der Waals surface area contributed by atoms with Gasteiger partial charge < -0.3 is 10.4 Å². The van der Waals surface area contributed by atoms with Crippen molar-refractivity contribution in [1.82, 2.24) is 5.32 Å². The largest absolute Gasteiger partial charge is 0.481 e. The van der Waals surface area contributed by atoms with Crippen LogP contribution in [0.4, 0.5) is 0 Å². The summed E-state index contributed by atoms with van der Waals surface area (Å²) in [6.07, 6.45) is -0.197. The predicted octanol–water partition coefficient (Wildman–Crippen LogP) is 6.95. The van der Waals surface area contributed by atoms with Crippen molar-refractivity contribution in [1.29, 1.82) is 0 Å². The predicted molar refractivity (Wildman–Crippen MR) is 163 cm³/mol. The Balaban J connectivity index is 1.41. The topological polar surface area (TPSA) is 101 Å². The van der Waals surface area contributed by atoms with E-state index >= 15 is 0 Å². The van der Waals surface area contributed by atoms with Gasteiger partial charge >= 0.3 is 5.97 Å². The van der Waals surface area contributed by atoms with E-state index in [0.29, 0.717) is 16.7 Å². The first-order chi connectivity index (χ1) is 20.4. The van der Waals surface area contributed by atoms with Crippen LogP contribution in [0.5, 0.6) is 0 Å². The van der Waals surface area contributed by atoms with E-state index < -0.39 is 17.8 Å². The highest BCUT2D eigenvalue weighted by molar-refractivity contribution is 6.07. The zero-order chi connectivity index (χ0) is 29.5. The van der Waals surface area contributed by atoms with Gasteiger partial charge in [-0.3, -0.25) is 19.2 Å². The van der Waals surface area contributed by atoms with Crippen LogP contribution in [0.15, 0.2) is 121 Å². The number of ketones is 2. The zero-order valence-corrected chi connectivity index (χ0v) is 22.8. The molecule has 0 aliphatic rings. The molecule has 0 bridgehead atoms. The van der Waals surface area contributed by atoms with Crippen molar-refractivity contribution in [3.8, 4) is 11.1 Å². The Morgan fingerprint density at radius 2 is 1.21 bits per heavy atom. The van der Waals surface area contributed by atoms with Crippen molar-refractivity contribution < 1.29 is 24.3 Å². The summed E-state index contributed by atoms with van der Waals surface area (Å²) in [7, 11) is 0. The van der Waals surface area contributed by atoms with Gasteiger partial charge in [0.15, 0.2) is 11.6 Å². The summed E-state index contributed by atoms with van der Waals surface area (Å²) in [5.74, 6) is -2.52. The lowest BCUT2D eigenvalue weighted by atomic mass is 9.84. The third-order valence-electron chi connectivity index (χ3n) is 7.25. The second-order valence-corrected chi connectivity index (χ2v) is 10.1. The number of nitrogens with one attached hydrogen (secondary N) is 1. The minimum Gasteiger partial charge on any atom is -0.481 e. The molecule has 0 aliphatic heterocycles. The number of benzene rings is 5. The van der Waals surface area contributed by atoms with Gasteiger partial charge in [0.1, 0.15) is 0 Å². The van der Waals surface area contributed by atoms with Gasteiger partial charge in [-0.25, -0.2) is 0 Å². The number of amides is 1.